The molecule has 9 heteroatoms. The van der Waals surface area contributed by atoms with E-state index in [9.17, 15) is 4.79 Å². The molecule has 27 heavy (non-hydrogen) atoms. The highest BCUT2D eigenvalue weighted by Crippen LogP contribution is 2.37. The Labute approximate surface area is 165 Å². The molecule has 3 aromatic rings. The lowest BCUT2D eigenvalue weighted by molar-refractivity contribution is 0.0169. The summed E-state index contributed by atoms with van der Waals surface area (Å²) in [6.45, 7) is 1.69. The van der Waals surface area contributed by atoms with Gasteiger partial charge >= 0.3 is 0 Å². The number of nitrogens with one attached hydrogen (secondary N) is 2. The van der Waals surface area contributed by atoms with E-state index < -0.39 is 5.91 Å². The van der Waals surface area contributed by atoms with Crippen molar-refractivity contribution < 1.29 is 14.7 Å². The molecule has 2 aromatic carbocycles. The molecule has 0 spiro atoms. The van der Waals surface area contributed by atoms with Gasteiger partial charge in [0.1, 0.15) is 5.52 Å². The first-order valence-corrected chi connectivity index (χ1v) is 8.87. The molecule has 0 atom stereocenters. The van der Waals surface area contributed by atoms with E-state index in [1.807, 2.05) is 13.0 Å². The van der Waals surface area contributed by atoms with E-state index in [2.05, 4.69) is 15.8 Å². The van der Waals surface area contributed by atoms with Crippen molar-refractivity contribution in [3.8, 4) is 0 Å². The first-order chi connectivity index (χ1) is 12.9. The monoisotopic (exact) mass is 408 g/mol. The largest absolute Gasteiger partial charge is 0.394 e. The second-order valence-corrected chi connectivity index (χ2v) is 6.73. The lowest BCUT2D eigenvalue weighted by atomic mass is 10.1. The van der Waals surface area contributed by atoms with Crippen molar-refractivity contribution >= 4 is 51.5 Å². The third kappa shape index (κ3) is 4.01. The predicted octanol–water partition coefficient (Wildman–Crippen LogP) is 3.59. The van der Waals surface area contributed by atoms with Crippen molar-refractivity contribution in [3.63, 3.8) is 0 Å². The van der Waals surface area contributed by atoms with Crippen molar-refractivity contribution in [3.05, 3.63) is 51.8 Å². The van der Waals surface area contributed by atoms with Gasteiger partial charge in [-0.25, -0.2) is 10.5 Å². The van der Waals surface area contributed by atoms with Gasteiger partial charge in [0.15, 0.2) is 0 Å². The standard InChI is InChI=1S/C18H18Cl2N4O3/c1-10-3-4-13(12(19)7-10)22-16-11(18(26)23-27-6-5-25)8-14-17(15(16)20)21-9-24(14)2/h3-4,7-9,22,25H,5-6H2,1-2H3,(H,23,26). The molecule has 0 aliphatic rings. The number of anilines is 2. The van der Waals surface area contributed by atoms with Crippen LogP contribution in [0.5, 0.6) is 0 Å². The van der Waals surface area contributed by atoms with Crippen LogP contribution in [-0.2, 0) is 11.9 Å². The smallest absolute Gasteiger partial charge is 0.277 e. The fraction of sp³-hybridized carbons (Fsp3) is 0.222. The average Bonchev–Trinajstić information content (AvgIpc) is 3.00. The zero-order chi connectivity index (χ0) is 19.6. The number of carbonyl (C=O) groups excluding carboxylic acids is 1. The Kier molecular flexibility index (Phi) is 5.86. The molecular formula is C18H18Cl2N4O3. The summed E-state index contributed by atoms with van der Waals surface area (Å²) >= 11 is 12.9. The number of fused-ring (bicyclic) bond motifs is 1. The first kappa shape index (κ1) is 19.4. The van der Waals surface area contributed by atoms with E-state index in [1.54, 1.807) is 36.1 Å². The minimum Gasteiger partial charge on any atom is -0.394 e. The molecule has 0 saturated carbocycles. The zero-order valence-corrected chi connectivity index (χ0v) is 16.2. The van der Waals surface area contributed by atoms with Gasteiger partial charge < -0.3 is 15.0 Å². The minimum atomic E-state index is -0.515. The molecule has 1 aromatic heterocycles. The molecule has 3 rings (SSSR count). The Morgan fingerprint density at radius 2 is 2.11 bits per heavy atom. The normalized spacial score (nSPS) is 11.0. The van der Waals surface area contributed by atoms with Gasteiger partial charge in [0.25, 0.3) is 5.91 Å². The van der Waals surface area contributed by atoms with Crippen molar-refractivity contribution in [1.82, 2.24) is 15.0 Å². The van der Waals surface area contributed by atoms with Gasteiger partial charge in [-0.15, -0.1) is 0 Å². The van der Waals surface area contributed by atoms with Gasteiger partial charge in [-0.2, -0.15) is 0 Å². The summed E-state index contributed by atoms with van der Waals surface area (Å²) in [5.41, 5.74) is 5.76. The number of hydrogen-bond donors (Lipinski definition) is 3. The van der Waals surface area contributed by atoms with Crippen LogP contribution in [0, 0.1) is 6.92 Å². The lowest BCUT2D eigenvalue weighted by Gasteiger charge is -2.16. The third-order valence-electron chi connectivity index (χ3n) is 3.95. The summed E-state index contributed by atoms with van der Waals surface area (Å²) in [5.74, 6) is -0.515. The van der Waals surface area contributed by atoms with Gasteiger partial charge in [-0.05, 0) is 30.7 Å². The summed E-state index contributed by atoms with van der Waals surface area (Å²) in [6.07, 6.45) is 1.61. The predicted molar refractivity (Wildman–Crippen MR) is 106 cm³/mol. The fourth-order valence-corrected chi connectivity index (χ4v) is 3.18. The summed E-state index contributed by atoms with van der Waals surface area (Å²) < 4.78 is 1.76. The fourth-order valence-electron chi connectivity index (χ4n) is 2.60. The second-order valence-electron chi connectivity index (χ2n) is 5.95. The molecule has 1 amide bonds. The quantitative estimate of drug-likeness (QED) is 0.428. The van der Waals surface area contributed by atoms with Crippen molar-refractivity contribution in [1.29, 1.82) is 0 Å². The minimum absolute atomic E-state index is 0.0278. The third-order valence-corrected chi connectivity index (χ3v) is 4.63. The van der Waals surface area contributed by atoms with Crippen molar-refractivity contribution in [2.24, 2.45) is 7.05 Å². The molecular weight excluding hydrogens is 391 g/mol. The van der Waals surface area contributed by atoms with E-state index >= 15 is 0 Å². The van der Waals surface area contributed by atoms with Crippen molar-refractivity contribution in [2.45, 2.75) is 6.92 Å². The van der Waals surface area contributed by atoms with E-state index in [0.29, 0.717) is 27.4 Å². The molecule has 0 unspecified atom stereocenters. The summed E-state index contributed by atoms with van der Waals surface area (Å²) in [6, 6.07) is 7.17. The average molecular weight is 409 g/mol. The number of imidazole rings is 1. The number of aromatic nitrogens is 2. The number of aliphatic hydroxyl groups excluding tert-OH is 1. The van der Waals surface area contributed by atoms with Crippen molar-refractivity contribution in [2.75, 3.05) is 18.5 Å². The van der Waals surface area contributed by atoms with Crippen LogP contribution in [0.25, 0.3) is 11.0 Å². The highest BCUT2D eigenvalue weighted by atomic mass is 35.5. The number of nitrogens with zero attached hydrogens (tertiary/aromatic N) is 2. The molecule has 7 nitrogen and oxygen atoms in total. The summed E-state index contributed by atoms with van der Waals surface area (Å²) in [4.78, 5) is 21.9. The van der Waals surface area contributed by atoms with Crippen LogP contribution in [-0.4, -0.2) is 33.8 Å². The van der Waals surface area contributed by atoms with E-state index in [1.165, 1.54) is 0 Å². The lowest BCUT2D eigenvalue weighted by Crippen LogP contribution is -2.26. The van der Waals surface area contributed by atoms with Gasteiger partial charge in [0, 0.05) is 7.05 Å². The molecule has 3 N–H and O–H groups in total. The SMILES string of the molecule is Cc1ccc(Nc2c(C(=O)NOCCO)cc3c(ncn3C)c2Cl)c(Cl)c1. The van der Waals surface area contributed by atoms with E-state index in [4.69, 9.17) is 33.1 Å². The molecule has 0 radical (unpaired) electrons. The maximum Gasteiger partial charge on any atom is 0.277 e. The Hall–Kier alpha value is -2.32. The first-order valence-electron chi connectivity index (χ1n) is 8.12. The van der Waals surface area contributed by atoms with Gasteiger partial charge in [-0.3, -0.25) is 9.63 Å². The summed E-state index contributed by atoms with van der Waals surface area (Å²) in [5, 5.41) is 12.7. The van der Waals surface area contributed by atoms with Gasteiger partial charge in [-0.1, -0.05) is 29.3 Å². The van der Waals surface area contributed by atoms with E-state index in [-0.39, 0.29) is 23.8 Å². The molecule has 0 aliphatic carbocycles. The number of carbonyl (C=O) groups is 1. The highest BCUT2D eigenvalue weighted by molar-refractivity contribution is 6.39. The Morgan fingerprint density at radius 3 is 2.81 bits per heavy atom. The van der Waals surface area contributed by atoms with Crippen LogP contribution >= 0.6 is 23.2 Å². The number of aryl methyl sites for hydroxylation is 2. The van der Waals surface area contributed by atoms with Gasteiger partial charge in [0.2, 0.25) is 0 Å². The number of benzene rings is 2. The van der Waals surface area contributed by atoms with E-state index in [0.717, 1.165) is 5.56 Å². The molecule has 0 aliphatic heterocycles. The Bertz CT molecular complexity index is 1000. The second kappa shape index (κ2) is 8.14. The molecule has 0 fully saturated rings. The maximum atomic E-state index is 12.6. The van der Waals surface area contributed by atoms with Crippen LogP contribution in [0.2, 0.25) is 10.0 Å². The molecule has 0 saturated heterocycles. The number of aliphatic hydroxyl groups is 1. The van der Waals surface area contributed by atoms with Crippen LogP contribution in [0.3, 0.4) is 0 Å². The van der Waals surface area contributed by atoms with Crippen LogP contribution in [0.15, 0.2) is 30.6 Å². The number of halogens is 2. The summed E-state index contributed by atoms with van der Waals surface area (Å²) in [7, 11) is 1.81. The number of hydroxylamine groups is 1. The number of rotatable bonds is 6. The highest BCUT2D eigenvalue weighted by Gasteiger charge is 2.21. The Balaban J connectivity index is 2.09. The molecule has 1 heterocycles. The zero-order valence-electron chi connectivity index (χ0n) is 14.7. The van der Waals surface area contributed by atoms with Crippen LogP contribution in [0.4, 0.5) is 11.4 Å². The maximum absolute atomic E-state index is 12.6. The molecule has 142 valence electrons. The topological polar surface area (TPSA) is 88.4 Å². The van der Waals surface area contributed by atoms with Crippen LogP contribution in [0.1, 0.15) is 15.9 Å². The number of hydrogen-bond acceptors (Lipinski definition) is 5. The number of amides is 1. The Morgan fingerprint density at radius 1 is 1.33 bits per heavy atom. The molecule has 0 bridgehead atoms. The van der Waals surface area contributed by atoms with Gasteiger partial charge in [0.05, 0.1) is 52.0 Å². The van der Waals surface area contributed by atoms with Crippen LogP contribution < -0.4 is 10.8 Å².